The van der Waals surface area contributed by atoms with Crippen LogP contribution in [0.15, 0.2) is 36.9 Å². The molecule has 25 heavy (non-hydrogen) atoms. The topological polar surface area (TPSA) is 54.4 Å². The SMILES string of the molecule is Fc1cnc(N2CC[C@@H](N3CCOCC3)[C@@H]2Cc2ccncc2)nc1. The number of hydrogen-bond donors (Lipinski definition) is 0. The molecule has 2 aromatic rings. The zero-order valence-electron chi connectivity index (χ0n) is 14.1. The van der Waals surface area contributed by atoms with Gasteiger partial charge in [0.1, 0.15) is 0 Å². The third-order valence-corrected chi connectivity index (χ3v) is 5.08. The Morgan fingerprint density at radius 2 is 1.80 bits per heavy atom. The second kappa shape index (κ2) is 7.41. The maximum absolute atomic E-state index is 13.2. The molecule has 2 atom stereocenters. The molecule has 132 valence electrons. The van der Waals surface area contributed by atoms with Gasteiger partial charge in [-0.15, -0.1) is 0 Å². The molecule has 0 aliphatic carbocycles. The van der Waals surface area contributed by atoms with Crippen molar-refractivity contribution < 1.29 is 9.13 Å². The number of halogens is 1. The number of nitrogens with zero attached hydrogens (tertiary/aromatic N) is 5. The molecular formula is C18H22FN5O. The largest absolute Gasteiger partial charge is 0.379 e. The molecule has 4 rings (SSSR count). The Morgan fingerprint density at radius 1 is 1.08 bits per heavy atom. The fourth-order valence-electron chi connectivity index (χ4n) is 3.88. The van der Waals surface area contributed by atoms with Crippen LogP contribution in [0.3, 0.4) is 0 Å². The van der Waals surface area contributed by atoms with Crippen molar-refractivity contribution in [1.29, 1.82) is 0 Å². The average molecular weight is 343 g/mol. The summed E-state index contributed by atoms with van der Waals surface area (Å²) in [5, 5.41) is 0. The van der Waals surface area contributed by atoms with Crippen LogP contribution in [0.2, 0.25) is 0 Å². The van der Waals surface area contributed by atoms with Crippen molar-refractivity contribution in [3.8, 4) is 0 Å². The highest BCUT2D eigenvalue weighted by atomic mass is 19.1. The number of pyridine rings is 1. The fraction of sp³-hybridized carbons (Fsp3) is 0.500. The number of anilines is 1. The Labute approximate surface area is 146 Å². The lowest BCUT2D eigenvalue weighted by atomic mass is 9.99. The van der Waals surface area contributed by atoms with E-state index in [4.69, 9.17) is 4.74 Å². The first-order chi connectivity index (χ1) is 12.3. The van der Waals surface area contributed by atoms with Gasteiger partial charge >= 0.3 is 0 Å². The molecule has 0 spiro atoms. The third-order valence-electron chi connectivity index (χ3n) is 5.08. The minimum Gasteiger partial charge on any atom is -0.379 e. The van der Waals surface area contributed by atoms with E-state index in [2.05, 4.69) is 36.9 Å². The lowest BCUT2D eigenvalue weighted by Crippen LogP contribution is -2.50. The highest BCUT2D eigenvalue weighted by Gasteiger charge is 2.39. The molecule has 0 N–H and O–H groups in total. The van der Waals surface area contributed by atoms with E-state index in [1.54, 1.807) is 0 Å². The summed E-state index contributed by atoms with van der Waals surface area (Å²) >= 11 is 0. The lowest BCUT2D eigenvalue weighted by Gasteiger charge is -2.37. The summed E-state index contributed by atoms with van der Waals surface area (Å²) in [4.78, 5) is 17.3. The quantitative estimate of drug-likeness (QED) is 0.839. The molecule has 2 aliphatic rings. The number of rotatable bonds is 4. The van der Waals surface area contributed by atoms with E-state index >= 15 is 0 Å². The molecular weight excluding hydrogens is 321 g/mol. The van der Waals surface area contributed by atoms with Gasteiger partial charge in [-0.25, -0.2) is 14.4 Å². The van der Waals surface area contributed by atoms with E-state index < -0.39 is 5.82 Å². The molecule has 0 unspecified atom stereocenters. The molecule has 0 saturated carbocycles. The molecule has 0 bridgehead atoms. The van der Waals surface area contributed by atoms with E-state index in [1.165, 1.54) is 18.0 Å². The van der Waals surface area contributed by atoms with Crippen LogP contribution in [-0.2, 0) is 11.2 Å². The second-order valence-corrected chi connectivity index (χ2v) is 6.53. The first-order valence-corrected chi connectivity index (χ1v) is 8.76. The van der Waals surface area contributed by atoms with Gasteiger partial charge in [0, 0.05) is 38.1 Å². The molecule has 0 aromatic carbocycles. The van der Waals surface area contributed by atoms with Gasteiger partial charge in [-0.05, 0) is 30.5 Å². The third kappa shape index (κ3) is 3.62. The highest BCUT2D eigenvalue weighted by Crippen LogP contribution is 2.29. The van der Waals surface area contributed by atoms with E-state index in [9.17, 15) is 4.39 Å². The molecule has 2 aromatic heterocycles. The van der Waals surface area contributed by atoms with Crippen molar-refractivity contribution in [2.75, 3.05) is 37.7 Å². The standard InChI is InChI=1S/C18H22FN5O/c19-15-12-21-18(22-13-15)24-6-3-16(23-7-9-25-10-8-23)17(24)11-14-1-4-20-5-2-14/h1-2,4-5,12-13,16-17H,3,6-11H2/t16-,17+/m1/s1. The minimum atomic E-state index is -0.404. The summed E-state index contributed by atoms with van der Waals surface area (Å²) in [6, 6.07) is 4.79. The molecule has 0 amide bonds. The maximum atomic E-state index is 13.2. The maximum Gasteiger partial charge on any atom is 0.225 e. The normalized spacial score (nSPS) is 24.6. The molecule has 7 heteroatoms. The first kappa shape index (κ1) is 16.4. The van der Waals surface area contributed by atoms with Crippen LogP contribution in [0.1, 0.15) is 12.0 Å². The smallest absolute Gasteiger partial charge is 0.225 e. The summed E-state index contributed by atoms with van der Waals surface area (Å²) in [5.74, 6) is 0.203. The van der Waals surface area contributed by atoms with Crippen LogP contribution in [0.5, 0.6) is 0 Å². The van der Waals surface area contributed by atoms with Crippen molar-refractivity contribution in [3.63, 3.8) is 0 Å². The van der Waals surface area contributed by atoms with E-state index in [0.717, 1.165) is 45.7 Å². The first-order valence-electron chi connectivity index (χ1n) is 8.76. The van der Waals surface area contributed by atoms with Gasteiger partial charge in [-0.1, -0.05) is 0 Å². The fourth-order valence-corrected chi connectivity index (χ4v) is 3.88. The van der Waals surface area contributed by atoms with Gasteiger partial charge < -0.3 is 9.64 Å². The second-order valence-electron chi connectivity index (χ2n) is 6.53. The van der Waals surface area contributed by atoms with Gasteiger partial charge in [-0.3, -0.25) is 9.88 Å². The molecule has 2 saturated heterocycles. The predicted molar refractivity (Wildman–Crippen MR) is 91.9 cm³/mol. The zero-order chi connectivity index (χ0) is 17.1. The Bertz CT molecular complexity index is 678. The molecule has 0 radical (unpaired) electrons. The van der Waals surface area contributed by atoms with E-state index in [0.29, 0.717) is 12.0 Å². The summed E-state index contributed by atoms with van der Waals surface area (Å²) in [6.45, 7) is 4.35. The van der Waals surface area contributed by atoms with Crippen LogP contribution < -0.4 is 4.90 Å². The predicted octanol–water partition coefficient (Wildman–Crippen LogP) is 1.53. The molecule has 2 fully saturated rings. The van der Waals surface area contributed by atoms with Crippen LogP contribution >= 0.6 is 0 Å². The average Bonchev–Trinajstić information content (AvgIpc) is 3.07. The summed E-state index contributed by atoms with van der Waals surface area (Å²) in [7, 11) is 0. The minimum absolute atomic E-state index is 0.256. The monoisotopic (exact) mass is 343 g/mol. The van der Waals surface area contributed by atoms with Gasteiger partial charge in [0.25, 0.3) is 0 Å². The van der Waals surface area contributed by atoms with Crippen molar-refractivity contribution in [2.45, 2.75) is 24.9 Å². The number of morpholine rings is 1. The zero-order valence-corrected chi connectivity index (χ0v) is 14.1. The van der Waals surface area contributed by atoms with Gasteiger partial charge in [0.15, 0.2) is 5.82 Å². The summed E-state index contributed by atoms with van der Waals surface area (Å²) < 4.78 is 18.7. The van der Waals surface area contributed by atoms with E-state index in [1.807, 2.05) is 12.4 Å². The Balaban J connectivity index is 1.60. The van der Waals surface area contributed by atoms with Gasteiger partial charge in [-0.2, -0.15) is 0 Å². The Kier molecular flexibility index (Phi) is 4.85. The van der Waals surface area contributed by atoms with Crippen molar-refractivity contribution >= 4 is 5.95 Å². The van der Waals surface area contributed by atoms with Crippen molar-refractivity contribution in [1.82, 2.24) is 19.9 Å². The molecule has 6 nitrogen and oxygen atoms in total. The summed E-state index contributed by atoms with van der Waals surface area (Å²) in [5.41, 5.74) is 1.24. The lowest BCUT2D eigenvalue weighted by molar-refractivity contribution is 0.0149. The van der Waals surface area contributed by atoms with Crippen molar-refractivity contribution in [3.05, 3.63) is 48.3 Å². The van der Waals surface area contributed by atoms with Crippen LogP contribution in [0.4, 0.5) is 10.3 Å². The number of aromatic nitrogens is 3. The highest BCUT2D eigenvalue weighted by molar-refractivity contribution is 5.36. The number of ether oxygens (including phenoxy) is 1. The van der Waals surface area contributed by atoms with Crippen LogP contribution in [0, 0.1) is 5.82 Å². The van der Waals surface area contributed by atoms with Crippen LogP contribution in [-0.4, -0.2) is 64.8 Å². The van der Waals surface area contributed by atoms with Crippen LogP contribution in [0.25, 0.3) is 0 Å². The summed E-state index contributed by atoms with van der Waals surface area (Å²) in [6.07, 6.45) is 8.09. The van der Waals surface area contributed by atoms with Crippen molar-refractivity contribution in [2.24, 2.45) is 0 Å². The molecule has 4 heterocycles. The Morgan fingerprint density at radius 3 is 2.52 bits per heavy atom. The number of hydrogen-bond acceptors (Lipinski definition) is 6. The van der Waals surface area contributed by atoms with Gasteiger partial charge in [0.2, 0.25) is 5.95 Å². The van der Waals surface area contributed by atoms with Gasteiger partial charge in [0.05, 0.1) is 31.6 Å². The Hall–Kier alpha value is -2.12. The van der Waals surface area contributed by atoms with E-state index in [-0.39, 0.29) is 6.04 Å². The molecule has 2 aliphatic heterocycles.